The molecule has 0 aliphatic heterocycles. The smallest absolute Gasteiger partial charge is 0.269 e. The Morgan fingerprint density at radius 1 is 1.15 bits per heavy atom. The van der Waals surface area contributed by atoms with Gasteiger partial charge in [0.25, 0.3) is 5.91 Å². The van der Waals surface area contributed by atoms with Gasteiger partial charge in [0.05, 0.1) is 16.1 Å². The van der Waals surface area contributed by atoms with E-state index >= 15 is 0 Å². The van der Waals surface area contributed by atoms with Crippen molar-refractivity contribution in [3.8, 4) is 0 Å². The first-order valence-corrected chi connectivity index (χ1v) is 9.97. The van der Waals surface area contributed by atoms with Gasteiger partial charge >= 0.3 is 0 Å². The number of pyridine rings is 1. The third-order valence-corrected chi connectivity index (χ3v) is 5.53. The molecule has 0 bridgehead atoms. The van der Waals surface area contributed by atoms with Crippen LogP contribution in [0.5, 0.6) is 0 Å². The van der Waals surface area contributed by atoms with E-state index in [0.29, 0.717) is 16.2 Å². The summed E-state index contributed by atoms with van der Waals surface area (Å²) in [5.74, 6) is -0.470. The number of aromatic nitrogens is 1. The highest BCUT2D eigenvalue weighted by Crippen LogP contribution is 2.23. The lowest BCUT2D eigenvalue weighted by Crippen LogP contribution is -2.30. The molecule has 2 aromatic carbocycles. The van der Waals surface area contributed by atoms with Crippen LogP contribution in [-0.4, -0.2) is 25.9 Å². The van der Waals surface area contributed by atoms with E-state index < -0.39 is 15.9 Å². The zero-order valence-electron chi connectivity index (χ0n) is 14.4. The summed E-state index contributed by atoms with van der Waals surface area (Å²) in [6.07, 6.45) is 1.59. The summed E-state index contributed by atoms with van der Waals surface area (Å²) < 4.78 is 26.6. The van der Waals surface area contributed by atoms with Crippen LogP contribution < -0.4 is 15.6 Å². The van der Waals surface area contributed by atoms with E-state index in [-0.39, 0.29) is 17.0 Å². The van der Waals surface area contributed by atoms with E-state index in [9.17, 15) is 13.2 Å². The van der Waals surface area contributed by atoms with Gasteiger partial charge in [0, 0.05) is 28.7 Å². The fourth-order valence-corrected chi connectivity index (χ4v) is 3.76. The van der Waals surface area contributed by atoms with Crippen LogP contribution in [0.15, 0.2) is 59.6 Å². The molecule has 3 rings (SSSR count). The van der Waals surface area contributed by atoms with Crippen molar-refractivity contribution >= 4 is 44.1 Å². The molecule has 7 nitrogen and oxygen atoms in total. The minimum Gasteiger partial charge on any atom is -0.298 e. The van der Waals surface area contributed by atoms with Gasteiger partial charge in [-0.15, -0.1) is 0 Å². The fourth-order valence-electron chi connectivity index (χ4n) is 2.50. The van der Waals surface area contributed by atoms with Crippen molar-refractivity contribution in [1.29, 1.82) is 0 Å². The monoisotopic (exact) mass is 404 g/mol. The van der Waals surface area contributed by atoms with Gasteiger partial charge < -0.3 is 0 Å². The number of halogens is 1. The molecule has 0 unspecified atom stereocenters. The van der Waals surface area contributed by atoms with Crippen LogP contribution in [0.25, 0.3) is 10.9 Å². The summed E-state index contributed by atoms with van der Waals surface area (Å²) in [5, 5.41) is 1.35. The summed E-state index contributed by atoms with van der Waals surface area (Å²) >= 11 is 5.97. The van der Waals surface area contributed by atoms with Gasteiger partial charge in [-0.2, -0.15) is 0 Å². The van der Waals surface area contributed by atoms with E-state index in [1.54, 1.807) is 37.4 Å². The van der Waals surface area contributed by atoms with Gasteiger partial charge in [-0.05, 0) is 42.5 Å². The quantitative estimate of drug-likeness (QED) is 0.548. The zero-order chi connectivity index (χ0) is 19.4. The number of sulfonamides is 1. The SMILES string of the molecule is CCNS(=O)(=O)c1cccc(C(=O)NNc2ccnc3cc(Cl)ccc23)c1. The predicted octanol–water partition coefficient (Wildman–Crippen LogP) is 2.94. The lowest BCUT2D eigenvalue weighted by Gasteiger charge is -2.12. The summed E-state index contributed by atoms with van der Waals surface area (Å²) in [6.45, 7) is 1.95. The lowest BCUT2D eigenvalue weighted by molar-refractivity contribution is 0.0962. The van der Waals surface area contributed by atoms with Gasteiger partial charge in [-0.1, -0.05) is 24.6 Å². The molecule has 0 saturated heterocycles. The van der Waals surface area contributed by atoms with Crippen molar-refractivity contribution in [2.75, 3.05) is 12.0 Å². The number of hydrogen-bond donors (Lipinski definition) is 3. The molecule has 27 heavy (non-hydrogen) atoms. The average molecular weight is 405 g/mol. The van der Waals surface area contributed by atoms with Crippen LogP contribution in [0.3, 0.4) is 0 Å². The molecular formula is C18H17ClN4O3S. The second kappa shape index (κ2) is 7.91. The number of carbonyl (C=O) groups is 1. The van der Waals surface area contributed by atoms with Crippen molar-refractivity contribution in [1.82, 2.24) is 15.1 Å². The van der Waals surface area contributed by atoms with E-state index in [2.05, 4.69) is 20.6 Å². The van der Waals surface area contributed by atoms with Crippen molar-refractivity contribution < 1.29 is 13.2 Å². The third-order valence-electron chi connectivity index (χ3n) is 3.76. The topological polar surface area (TPSA) is 100 Å². The highest BCUT2D eigenvalue weighted by Gasteiger charge is 2.15. The molecule has 1 aromatic heterocycles. The predicted molar refractivity (Wildman–Crippen MR) is 105 cm³/mol. The summed E-state index contributed by atoms with van der Waals surface area (Å²) in [5.41, 5.74) is 6.94. The molecule has 1 heterocycles. The van der Waals surface area contributed by atoms with Crippen LogP contribution in [0.2, 0.25) is 5.02 Å². The average Bonchev–Trinajstić information content (AvgIpc) is 2.65. The number of nitrogens with one attached hydrogen (secondary N) is 3. The Hall–Kier alpha value is -2.68. The second-order valence-corrected chi connectivity index (χ2v) is 7.83. The van der Waals surface area contributed by atoms with Crippen LogP contribution in [0.1, 0.15) is 17.3 Å². The normalized spacial score (nSPS) is 11.3. The first kappa shape index (κ1) is 19.1. The minimum absolute atomic E-state index is 0.0287. The number of fused-ring (bicyclic) bond motifs is 1. The Bertz CT molecular complexity index is 1100. The number of rotatable bonds is 6. The molecule has 0 atom stereocenters. The highest BCUT2D eigenvalue weighted by atomic mass is 35.5. The standard InChI is InChI=1S/C18H17ClN4O3S/c1-2-21-27(25,26)14-5-3-4-12(10-14)18(24)23-22-16-8-9-20-17-11-13(19)6-7-15(16)17/h3-11,21H,2H2,1H3,(H,20,22)(H,23,24). The van der Waals surface area contributed by atoms with Gasteiger partial charge in [-0.25, -0.2) is 13.1 Å². The maximum absolute atomic E-state index is 12.4. The minimum atomic E-state index is -3.64. The van der Waals surface area contributed by atoms with Crippen molar-refractivity contribution in [2.45, 2.75) is 11.8 Å². The Morgan fingerprint density at radius 3 is 2.74 bits per heavy atom. The number of benzene rings is 2. The fraction of sp³-hybridized carbons (Fsp3) is 0.111. The maximum Gasteiger partial charge on any atom is 0.269 e. The van der Waals surface area contributed by atoms with Crippen molar-refractivity contribution in [3.05, 3.63) is 65.3 Å². The molecule has 140 valence electrons. The molecule has 1 amide bonds. The molecule has 3 aromatic rings. The molecule has 0 aliphatic carbocycles. The van der Waals surface area contributed by atoms with E-state index in [4.69, 9.17) is 11.6 Å². The Balaban J connectivity index is 1.79. The van der Waals surface area contributed by atoms with Crippen LogP contribution in [0, 0.1) is 0 Å². The first-order valence-electron chi connectivity index (χ1n) is 8.11. The molecule has 0 fully saturated rings. The van der Waals surface area contributed by atoms with Crippen LogP contribution in [0.4, 0.5) is 5.69 Å². The Kier molecular flexibility index (Phi) is 5.59. The van der Waals surface area contributed by atoms with Crippen LogP contribution in [-0.2, 0) is 10.0 Å². The van der Waals surface area contributed by atoms with E-state index in [1.165, 1.54) is 24.3 Å². The largest absolute Gasteiger partial charge is 0.298 e. The number of amides is 1. The maximum atomic E-state index is 12.4. The molecule has 0 aliphatic rings. The molecular weight excluding hydrogens is 388 g/mol. The van der Waals surface area contributed by atoms with Gasteiger partial charge in [0.1, 0.15) is 0 Å². The number of hydrogen-bond acceptors (Lipinski definition) is 5. The summed E-state index contributed by atoms with van der Waals surface area (Å²) in [7, 11) is -3.64. The Labute approximate surface area is 161 Å². The molecule has 0 radical (unpaired) electrons. The van der Waals surface area contributed by atoms with E-state index in [0.717, 1.165) is 5.39 Å². The number of carbonyl (C=O) groups excluding carboxylic acids is 1. The molecule has 0 saturated carbocycles. The summed E-state index contributed by atoms with van der Waals surface area (Å²) in [4.78, 5) is 16.7. The van der Waals surface area contributed by atoms with Gasteiger partial charge in [-0.3, -0.25) is 20.6 Å². The molecule has 3 N–H and O–H groups in total. The number of nitrogens with zero attached hydrogens (tertiary/aromatic N) is 1. The molecule has 0 spiro atoms. The second-order valence-electron chi connectivity index (χ2n) is 5.63. The lowest BCUT2D eigenvalue weighted by atomic mass is 10.2. The van der Waals surface area contributed by atoms with E-state index in [1.807, 2.05) is 0 Å². The molecule has 9 heteroatoms. The zero-order valence-corrected chi connectivity index (χ0v) is 15.9. The van der Waals surface area contributed by atoms with Crippen molar-refractivity contribution in [2.24, 2.45) is 0 Å². The number of anilines is 1. The van der Waals surface area contributed by atoms with Gasteiger partial charge in [0.15, 0.2) is 0 Å². The Morgan fingerprint density at radius 2 is 1.96 bits per heavy atom. The number of hydrazine groups is 1. The third kappa shape index (κ3) is 4.36. The first-order chi connectivity index (χ1) is 12.9. The highest BCUT2D eigenvalue weighted by molar-refractivity contribution is 7.89. The van der Waals surface area contributed by atoms with Crippen LogP contribution >= 0.6 is 11.6 Å². The summed E-state index contributed by atoms with van der Waals surface area (Å²) in [6, 6.07) is 12.8. The van der Waals surface area contributed by atoms with Crippen molar-refractivity contribution in [3.63, 3.8) is 0 Å². The van der Waals surface area contributed by atoms with Gasteiger partial charge in [0.2, 0.25) is 10.0 Å².